The normalized spacial score (nSPS) is 19.6. The average Bonchev–Trinajstić information content (AvgIpc) is 2.79. The molecule has 0 bridgehead atoms. The Morgan fingerprint density at radius 2 is 1.88 bits per heavy atom. The van der Waals surface area contributed by atoms with Gasteiger partial charge in [-0.1, -0.05) is 12.1 Å². The van der Waals surface area contributed by atoms with Crippen molar-refractivity contribution in [2.45, 2.75) is 37.3 Å². The molecule has 32 heavy (non-hydrogen) atoms. The molecular weight excluding hydrogens is 437 g/mol. The van der Waals surface area contributed by atoms with Crippen LogP contribution in [0.1, 0.15) is 25.3 Å². The quantitative estimate of drug-likeness (QED) is 0.711. The third-order valence-electron chi connectivity index (χ3n) is 5.72. The first-order chi connectivity index (χ1) is 15.2. The fraction of sp³-hybridized carbons (Fsp3) is 0.364. The van der Waals surface area contributed by atoms with E-state index in [1.165, 1.54) is 34.6 Å². The SMILES string of the molecule is C[C@@H]1Oc2ccc(S(=O)(=O)N3CCC(C(=O)NCc4ccc(F)cc4)CC3)cc2NC1=O. The number of halogens is 1. The second-order valence-electron chi connectivity index (χ2n) is 7.93. The van der Waals surface area contributed by atoms with Gasteiger partial charge in [0, 0.05) is 25.6 Å². The third-order valence-corrected chi connectivity index (χ3v) is 7.62. The van der Waals surface area contributed by atoms with Crippen LogP contribution in [0.15, 0.2) is 47.4 Å². The molecule has 0 aromatic heterocycles. The number of sulfonamides is 1. The van der Waals surface area contributed by atoms with Crippen LogP contribution in [0.25, 0.3) is 0 Å². The molecular formula is C22H24FN3O5S. The first kappa shape index (κ1) is 22.2. The minimum atomic E-state index is -3.78. The van der Waals surface area contributed by atoms with Gasteiger partial charge in [0.05, 0.1) is 10.6 Å². The van der Waals surface area contributed by atoms with Crippen molar-refractivity contribution in [2.24, 2.45) is 5.92 Å². The molecule has 0 radical (unpaired) electrons. The molecule has 0 spiro atoms. The maximum Gasteiger partial charge on any atom is 0.265 e. The van der Waals surface area contributed by atoms with Crippen LogP contribution in [-0.2, 0) is 26.2 Å². The van der Waals surface area contributed by atoms with Gasteiger partial charge >= 0.3 is 0 Å². The van der Waals surface area contributed by atoms with E-state index in [0.717, 1.165) is 5.56 Å². The number of ether oxygens (including phenoxy) is 1. The molecule has 4 rings (SSSR count). The highest BCUT2D eigenvalue weighted by Gasteiger charge is 2.33. The highest BCUT2D eigenvalue weighted by atomic mass is 32.2. The summed E-state index contributed by atoms with van der Waals surface area (Å²) < 4.78 is 46.0. The number of anilines is 1. The van der Waals surface area contributed by atoms with E-state index in [1.54, 1.807) is 19.1 Å². The van der Waals surface area contributed by atoms with Gasteiger partial charge in [-0.25, -0.2) is 12.8 Å². The fourth-order valence-electron chi connectivity index (χ4n) is 3.79. The summed E-state index contributed by atoms with van der Waals surface area (Å²) in [4.78, 5) is 24.4. The number of piperidine rings is 1. The third kappa shape index (κ3) is 4.61. The minimum absolute atomic E-state index is 0.0638. The predicted molar refractivity (Wildman–Crippen MR) is 115 cm³/mol. The number of rotatable bonds is 5. The molecule has 2 N–H and O–H groups in total. The highest BCUT2D eigenvalue weighted by Crippen LogP contribution is 2.33. The van der Waals surface area contributed by atoms with Gasteiger partial charge < -0.3 is 15.4 Å². The lowest BCUT2D eigenvalue weighted by Gasteiger charge is -2.31. The summed E-state index contributed by atoms with van der Waals surface area (Å²) in [7, 11) is -3.78. The van der Waals surface area contributed by atoms with Crippen LogP contribution in [0.4, 0.5) is 10.1 Å². The summed E-state index contributed by atoms with van der Waals surface area (Å²) in [6.45, 7) is 2.34. The molecule has 2 aromatic rings. The molecule has 10 heteroatoms. The zero-order chi connectivity index (χ0) is 22.9. The zero-order valence-electron chi connectivity index (χ0n) is 17.5. The van der Waals surface area contributed by atoms with Gasteiger partial charge in [-0.3, -0.25) is 9.59 Å². The lowest BCUT2D eigenvalue weighted by molar-refractivity contribution is -0.126. The molecule has 1 saturated heterocycles. The Hall–Kier alpha value is -2.98. The first-order valence-corrected chi connectivity index (χ1v) is 11.8. The second-order valence-corrected chi connectivity index (χ2v) is 9.87. The lowest BCUT2D eigenvalue weighted by atomic mass is 9.97. The maximum absolute atomic E-state index is 13.1. The number of nitrogens with one attached hydrogen (secondary N) is 2. The summed E-state index contributed by atoms with van der Waals surface area (Å²) in [6, 6.07) is 10.3. The molecule has 0 unspecified atom stereocenters. The van der Waals surface area contributed by atoms with Gasteiger partial charge in [0.2, 0.25) is 15.9 Å². The van der Waals surface area contributed by atoms with E-state index in [2.05, 4.69) is 10.6 Å². The van der Waals surface area contributed by atoms with Crippen molar-refractivity contribution in [2.75, 3.05) is 18.4 Å². The van der Waals surface area contributed by atoms with Crippen LogP contribution in [0.3, 0.4) is 0 Å². The van der Waals surface area contributed by atoms with E-state index in [0.29, 0.717) is 30.8 Å². The van der Waals surface area contributed by atoms with Crippen molar-refractivity contribution in [3.05, 3.63) is 53.8 Å². The Kier molecular flexibility index (Phi) is 6.16. The first-order valence-electron chi connectivity index (χ1n) is 10.4. The molecule has 2 amide bonds. The van der Waals surface area contributed by atoms with E-state index in [9.17, 15) is 22.4 Å². The van der Waals surface area contributed by atoms with Crippen LogP contribution >= 0.6 is 0 Å². The molecule has 1 fully saturated rings. The number of carbonyl (C=O) groups excluding carboxylic acids is 2. The van der Waals surface area contributed by atoms with Crippen molar-refractivity contribution in [1.29, 1.82) is 0 Å². The Bertz CT molecular complexity index is 1130. The fourth-order valence-corrected chi connectivity index (χ4v) is 5.29. The number of hydrogen-bond acceptors (Lipinski definition) is 5. The monoisotopic (exact) mass is 461 g/mol. The molecule has 0 aliphatic carbocycles. The Balaban J connectivity index is 1.36. The van der Waals surface area contributed by atoms with E-state index >= 15 is 0 Å². The molecule has 2 aromatic carbocycles. The van der Waals surface area contributed by atoms with Gasteiger partial charge in [0.25, 0.3) is 5.91 Å². The highest BCUT2D eigenvalue weighted by molar-refractivity contribution is 7.89. The molecule has 2 heterocycles. The van der Waals surface area contributed by atoms with E-state index < -0.39 is 16.1 Å². The summed E-state index contributed by atoms with van der Waals surface area (Å²) >= 11 is 0. The van der Waals surface area contributed by atoms with Crippen LogP contribution in [0, 0.1) is 11.7 Å². The van der Waals surface area contributed by atoms with E-state index in [4.69, 9.17) is 4.74 Å². The van der Waals surface area contributed by atoms with Crippen molar-refractivity contribution in [3.63, 3.8) is 0 Å². The van der Waals surface area contributed by atoms with Crippen LogP contribution in [0.2, 0.25) is 0 Å². The van der Waals surface area contributed by atoms with Gasteiger partial charge in [0.1, 0.15) is 11.6 Å². The largest absolute Gasteiger partial charge is 0.479 e. The summed E-state index contributed by atoms with van der Waals surface area (Å²) in [6.07, 6.45) is 0.159. The molecule has 8 nitrogen and oxygen atoms in total. The molecule has 2 aliphatic heterocycles. The topological polar surface area (TPSA) is 105 Å². The number of carbonyl (C=O) groups is 2. The van der Waals surface area contributed by atoms with E-state index in [1.807, 2.05) is 0 Å². The number of fused-ring (bicyclic) bond motifs is 1. The Labute approximate surface area is 185 Å². The van der Waals surface area contributed by atoms with Crippen molar-refractivity contribution in [1.82, 2.24) is 9.62 Å². The lowest BCUT2D eigenvalue weighted by Crippen LogP contribution is -2.43. The Morgan fingerprint density at radius 1 is 1.19 bits per heavy atom. The zero-order valence-corrected chi connectivity index (χ0v) is 18.3. The number of hydrogen-bond donors (Lipinski definition) is 2. The Morgan fingerprint density at radius 3 is 2.56 bits per heavy atom. The predicted octanol–water partition coefficient (Wildman–Crippen LogP) is 2.26. The molecule has 2 aliphatic rings. The van der Waals surface area contributed by atoms with Crippen molar-refractivity contribution in [3.8, 4) is 5.75 Å². The van der Waals surface area contributed by atoms with Crippen molar-refractivity contribution >= 4 is 27.5 Å². The smallest absolute Gasteiger partial charge is 0.265 e. The van der Waals surface area contributed by atoms with Crippen molar-refractivity contribution < 1.29 is 27.1 Å². The summed E-state index contributed by atoms with van der Waals surface area (Å²) in [5, 5.41) is 5.49. The van der Waals surface area contributed by atoms with Crippen LogP contribution in [-0.4, -0.2) is 43.7 Å². The molecule has 170 valence electrons. The summed E-state index contributed by atoms with van der Waals surface area (Å²) in [5.74, 6) is -0.683. The van der Waals surface area contributed by atoms with Crippen LogP contribution < -0.4 is 15.4 Å². The van der Waals surface area contributed by atoms with Gasteiger partial charge in [-0.05, 0) is 55.7 Å². The maximum atomic E-state index is 13.1. The summed E-state index contributed by atoms with van der Waals surface area (Å²) in [5.41, 5.74) is 1.11. The van der Waals surface area contributed by atoms with Crippen LogP contribution in [0.5, 0.6) is 5.75 Å². The number of benzene rings is 2. The second kappa shape index (κ2) is 8.87. The van der Waals surface area contributed by atoms with Gasteiger partial charge in [-0.2, -0.15) is 4.31 Å². The molecule has 0 saturated carbocycles. The minimum Gasteiger partial charge on any atom is -0.479 e. The van der Waals surface area contributed by atoms with E-state index in [-0.39, 0.29) is 41.5 Å². The number of amides is 2. The standard InChI is InChI=1S/C22H24FN3O5S/c1-14-21(27)25-19-12-18(6-7-20(19)31-14)32(29,30)26-10-8-16(9-11-26)22(28)24-13-15-2-4-17(23)5-3-15/h2-7,12,14,16H,8-11,13H2,1H3,(H,24,28)(H,25,27)/t14-/m0/s1. The molecule has 1 atom stereocenters. The van der Waals surface area contributed by atoms with Gasteiger partial charge in [-0.15, -0.1) is 0 Å². The average molecular weight is 462 g/mol. The number of nitrogens with zero attached hydrogens (tertiary/aromatic N) is 1. The van der Waals surface area contributed by atoms with Gasteiger partial charge in [0.15, 0.2) is 6.10 Å².